The van der Waals surface area contributed by atoms with Crippen molar-refractivity contribution < 1.29 is 27.9 Å². The van der Waals surface area contributed by atoms with Crippen molar-refractivity contribution >= 4 is 17.7 Å². The molecule has 1 aromatic rings. The fraction of sp³-hybridized carbons (Fsp3) is 0.385. The Kier molecular flexibility index (Phi) is 5.57. The highest BCUT2D eigenvalue weighted by molar-refractivity contribution is 5.92. The standard InChI is InChI=1S/C13H15F3N2O3/c1-6(2)3-10(12(19)20)18-13(21)17-7-4-8(14)11(16)9(15)5-7/h4-6,10H,3H2,1-2H3,(H,19,20)(H2,17,18,21)/t10-/m0/s1. The zero-order valence-electron chi connectivity index (χ0n) is 11.4. The summed E-state index contributed by atoms with van der Waals surface area (Å²) in [6.07, 6.45) is 0.189. The van der Waals surface area contributed by atoms with Crippen LogP contribution in [0.25, 0.3) is 0 Å². The molecule has 0 aliphatic heterocycles. The molecule has 0 bridgehead atoms. The Labute approximate surface area is 119 Å². The number of nitrogens with one attached hydrogen (secondary N) is 2. The third-order valence-electron chi connectivity index (χ3n) is 2.55. The highest BCUT2D eigenvalue weighted by Gasteiger charge is 2.21. The largest absolute Gasteiger partial charge is 0.480 e. The molecule has 1 atom stereocenters. The number of carboxylic acids is 1. The summed E-state index contributed by atoms with van der Waals surface area (Å²) >= 11 is 0. The minimum atomic E-state index is -1.65. The maximum atomic E-state index is 13.0. The van der Waals surface area contributed by atoms with E-state index in [0.29, 0.717) is 12.1 Å². The maximum absolute atomic E-state index is 13.0. The number of carboxylic acid groups (broad SMARTS) is 1. The highest BCUT2D eigenvalue weighted by atomic mass is 19.2. The second kappa shape index (κ2) is 6.96. The van der Waals surface area contributed by atoms with Gasteiger partial charge in [0.1, 0.15) is 6.04 Å². The number of amides is 2. The van der Waals surface area contributed by atoms with Gasteiger partial charge < -0.3 is 15.7 Å². The first-order chi connectivity index (χ1) is 9.70. The van der Waals surface area contributed by atoms with Gasteiger partial charge in [0.25, 0.3) is 0 Å². The molecule has 0 spiro atoms. The van der Waals surface area contributed by atoms with Gasteiger partial charge in [-0.3, -0.25) is 0 Å². The Balaban J connectivity index is 2.74. The Bertz CT molecular complexity index is 526. The summed E-state index contributed by atoms with van der Waals surface area (Å²) in [5.74, 6) is -5.77. The van der Waals surface area contributed by atoms with Crippen LogP contribution >= 0.6 is 0 Å². The van der Waals surface area contributed by atoms with Crippen LogP contribution in [-0.4, -0.2) is 23.1 Å². The summed E-state index contributed by atoms with van der Waals surface area (Å²) in [6, 6.07) is -0.902. The number of urea groups is 1. The van der Waals surface area contributed by atoms with E-state index in [1.165, 1.54) is 0 Å². The smallest absolute Gasteiger partial charge is 0.326 e. The van der Waals surface area contributed by atoms with Crippen molar-refractivity contribution in [3.8, 4) is 0 Å². The van der Waals surface area contributed by atoms with Crippen LogP contribution < -0.4 is 10.6 Å². The Hall–Kier alpha value is -2.25. The van der Waals surface area contributed by atoms with Crippen molar-refractivity contribution in [3.63, 3.8) is 0 Å². The van der Waals surface area contributed by atoms with E-state index >= 15 is 0 Å². The summed E-state index contributed by atoms with van der Waals surface area (Å²) in [5, 5.41) is 13.2. The summed E-state index contributed by atoms with van der Waals surface area (Å²) < 4.78 is 38.7. The zero-order chi connectivity index (χ0) is 16.2. The zero-order valence-corrected chi connectivity index (χ0v) is 11.4. The van der Waals surface area contributed by atoms with Crippen LogP contribution in [0.2, 0.25) is 0 Å². The third kappa shape index (κ3) is 4.97. The van der Waals surface area contributed by atoms with Gasteiger partial charge in [0.05, 0.1) is 0 Å². The number of benzene rings is 1. The Morgan fingerprint density at radius 1 is 1.19 bits per heavy atom. The van der Waals surface area contributed by atoms with E-state index in [1.807, 2.05) is 5.32 Å². The van der Waals surface area contributed by atoms with Crippen molar-refractivity contribution in [2.75, 3.05) is 5.32 Å². The maximum Gasteiger partial charge on any atom is 0.326 e. The molecule has 2 amide bonds. The molecule has 0 aliphatic rings. The lowest BCUT2D eigenvalue weighted by Crippen LogP contribution is -2.43. The Morgan fingerprint density at radius 3 is 2.14 bits per heavy atom. The van der Waals surface area contributed by atoms with Crippen LogP contribution in [-0.2, 0) is 4.79 Å². The van der Waals surface area contributed by atoms with Crippen LogP contribution in [0.3, 0.4) is 0 Å². The monoisotopic (exact) mass is 304 g/mol. The molecule has 1 rings (SSSR count). The molecule has 3 N–H and O–H groups in total. The average Bonchev–Trinajstić information content (AvgIpc) is 2.34. The molecular weight excluding hydrogens is 289 g/mol. The molecule has 0 saturated carbocycles. The van der Waals surface area contributed by atoms with Gasteiger partial charge in [-0.25, -0.2) is 22.8 Å². The van der Waals surface area contributed by atoms with Crippen molar-refractivity contribution in [2.24, 2.45) is 5.92 Å². The van der Waals surface area contributed by atoms with Crippen LogP contribution in [0, 0.1) is 23.4 Å². The van der Waals surface area contributed by atoms with Gasteiger partial charge in [-0.05, 0) is 12.3 Å². The number of rotatable bonds is 5. The van der Waals surface area contributed by atoms with E-state index in [-0.39, 0.29) is 18.0 Å². The molecule has 0 aliphatic carbocycles. The molecule has 5 nitrogen and oxygen atoms in total. The van der Waals surface area contributed by atoms with Gasteiger partial charge in [-0.2, -0.15) is 0 Å². The number of hydrogen-bond donors (Lipinski definition) is 3. The lowest BCUT2D eigenvalue weighted by molar-refractivity contribution is -0.139. The van der Waals surface area contributed by atoms with E-state index in [0.717, 1.165) is 0 Å². The van der Waals surface area contributed by atoms with Gasteiger partial charge in [-0.1, -0.05) is 13.8 Å². The Morgan fingerprint density at radius 2 is 1.71 bits per heavy atom. The number of carbonyl (C=O) groups is 2. The molecular formula is C13H15F3N2O3. The fourth-order valence-corrected chi connectivity index (χ4v) is 1.65. The van der Waals surface area contributed by atoms with Crippen molar-refractivity contribution in [1.29, 1.82) is 0 Å². The molecule has 0 saturated heterocycles. The lowest BCUT2D eigenvalue weighted by atomic mass is 10.0. The van der Waals surface area contributed by atoms with Gasteiger partial charge in [-0.15, -0.1) is 0 Å². The number of halogens is 3. The normalized spacial score (nSPS) is 12.1. The molecule has 0 unspecified atom stereocenters. The molecule has 0 heterocycles. The van der Waals surface area contributed by atoms with E-state index < -0.39 is 35.5 Å². The van der Waals surface area contributed by atoms with E-state index in [4.69, 9.17) is 5.11 Å². The molecule has 21 heavy (non-hydrogen) atoms. The van der Waals surface area contributed by atoms with Crippen LogP contribution in [0.15, 0.2) is 12.1 Å². The van der Waals surface area contributed by atoms with Gasteiger partial charge in [0, 0.05) is 17.8 Å². The predicted octanol–water partition coefficient (Wildman–Crippen LogP) is 2.72. The fourth-order valence-electron chi connectivity index (χ4n) is 1.65. The molecule has 116 valence electrons. The average molecular weight is 304 g/mol. The van der Waals surface area contributed by atoms with E-state index in [9.17, 15) is 22.8 Å². The minimum Gasteiger partial charge on any atom is -0.480 e. The van der Waals surface area contributed by atoms with Crippen molar-refractivity contribution in [2.45, 2.75) is 26.3 Å². The van der Waals surface area contributed by atoms with Crippen molar-refractivity contribution in [3.05, 3.63) is 29.6 Å². The quantitative estimate of drug-likeness (QED) is 0.732. The van der Waals surface area contributed by atoms with Crippen LogP contribution in [0.4, 0.5) is 23.7 Å². The molecule has 8 heteroatoms. The predicted molar refractivity (Wildman–Crippen MR) is 69.3 cm³/mol. The van der Waals surface area contributed by atoms with Gasteiger partial charge in [0.15, 0.2) is 17.5 Å². The summed E-state index contributed by atoms with van der Waals surface area (Å²) in [5.41, 5.74) is -0.322. The van der Waals surface area contributed by atoms with Crippen LogP contribution in [0.1, 0.15) is 20.3 Å². The second-order valence-electron chi connectivity index (χ2n) is 4.87. The first-order valence-corrected chi connectivity index (χ1v) is 6.15. The number of aliphatic carboxylic acids is 1. The third-order valence-corrected chi connectivity index (χ3v) is 2.55. The van der Waals surface area contributed by atoms with Crippen LogP contribution in [0.5, 0.6) is 0 Å². The van der Waals surface area contributed by atoms with Gasteiger partial charge >= 0.3 is 12.0 Å². The van der Waals surface area contributed by atoms with E-state index in [2.05, 4.69) is 5.32 Å². The first kappa shape index (κ1) is 16.8. The topological polar surface area (TPSA) is 78.4 Å². The summed E-state index contributed by atoms with van der Waals surface area (Å²) in [7, 11) is 0. The minimum absolute atomic E-state index is 0.0205. The highest BCUT2D eigenvalue weighted by Crippen LogP contribution is 2.17. The molecule has 0 fully saturated rings. The van der Waals surface area contributed by atoms with E-state index in [1.54, 1.807) is 13.8 Å². The lowest BCUT2D eigenvalue weighted by Gasteiger charge is -2.17. The number of carbonyl (C=O) groups excluding carboxylic acids is 1. The number of anilines is 1. The second-order valence-corrected chi connectivity index (χ2v) is 4.87. The first-order valence-electron chi connectivity index (χ1n) is 6.15. The summed E-state index contributed by atoms with van der Waals surface area (Å²) in [6.45, 7) is 3.56. The SMILES string of the molecule is CC(C)C[C@H](NC(=O)Nc1cc(F)c(F)c(F)c1)C(=O)O. The molecule has 1 aromatic carbocycles. The summed E-state index contributed by atoms with van der Waals surface area (Å²) in [4.78, 5) is 22.6. The number of hydrogen-bond acceptors (Lipinski definition) is 2. The van der Waals surface area contributed by atoms with Gasteiger partial charge in [0.2, 0.25) is 0 Å². The molecule has 0 radical (unpaired) electrons. The van der Waals surface area contributed by atoms with Crippen molar-refractivity contribution in [1.82, 2.24) is 5.32 Å². The molecule has 0 aromatic heterocycles.